The van der Waals surface area contributed by atoms with Gasteiger partial charge in [0.1, 0.15) is 0 Å². The Bertz CT molecular complexity index is 803. The molecule has 1 fully saturated rings. The van der Waals surface area contributed by atoms with Crippen LogP contribution >= 0.6 is 11.8 Å². The molecule has 0 amide bonds. The van der Waals surface area contributed by atoms with Gasteiger partial charge in [-0.05, 0) is 37.0 Å². The molecule has 0 bridgehead atoms. The molecule has 186 valence electrons. The lowest BCUT2D eigenvalue weighted by Crippen LogP contribution is -2.50. The van der Waals surface area contributed by atoms with Gasteiger partial charge in [-0.25, -0.2) is 0 Å². The molecule has 0 aromatic heterocycles. The van der Waals surface area contributed by atoms with E-state index in [1.165, 1.54) is 55.4 Å². The first-order chi connectivity index (χ1) is 16.3. The van der Waals surface area contributed by atoms with Crippen molar-refractivity contribution in [1.82, 2.24) is 0 Å². The summed E-state index contributed by atoms with van der Waals surface area (Å²) in [5, 5.41) is 11.8. The summed E-state index contributed by atoms with van der Waals surface area (Å²) in [7, 11) is -1.71. The van der Waals surface area contributed by atoms with Crippen LogP contribution in [-0.4, -0.2) is 23.2 Å². The van der Waals surface area contributed by atoms with Crippen LogP contribution in [0.5, 0.6) is 0 Å². The molecule has 1 unspecified atom stereocenters. The molecular formula is C31H46OSSi. The van der Waals surface area contributed by atoms with E-state index in [4.69, 9.17) is 0 Å². The van der Waals surface area contributed by atoms with Gasteiger partial charge < -0.3 is 5.11 Å². The Kier molecular flexibility index (Phi) is 10.5. The average molecular weight is 495 g/mol. The number of benzene rings is 2. The lowest BCUT2D eigenvalue weighted by molar-refractivity contribution is 0.0656. The fourth-order valence-electron chi connectivity index (χ4n) is 5.08. The molecule has 0 radical (unpaired) electrons. The van der Waals surface area contributed by atoms with Crippen LogP contribution in [0.3, 0.4) is 0 Å². The topological polar surface area (TPSA) is 20.2 Å². The van der Waals surface area contributed by atoms with Gasteiger partial charge in [0.2, 0.25) is 0 Å². The highest BCUT2D eigenvalue weighted by molar-refractivity contribution is 8.02. The largest absolute Gasteiger partial charge is 0.386 e. The van der Waals surface area contributed by atoms with Crippen molar-refractivity contribution in [3.8, 4) is 0 Å². The SMILES string of the molecule is C[Si](C)(C)C(/C=C/C1(O)CCCCCCCCCCC1)(Cc1ccccc1)Sc1ccccc1. The van der Waals surface area contributed by atoms with Gasteiger partial charge in [0.25, 0.3) is 0 Å². The fraction of sp³-hybridized carbons (Fsp3) is 0.548. The minimum atomic E-state index is -1.71. The Hall–Kier alpha value is -1.29. The van der Waals surface area contributed by atoms with Gasteiger partial charge in [0.15, 0.2) is 0 Å². The van der Waals surface area contributed by atoms with Crippen LogP contribution in [0.15, 0.2) is 77.7 Å². The molecule has 0 aliphatic heterocycles. The van der Waals surface area contributed by atoms with Crippen LogP contribution in [0.4, 0.5) is 0 Å². The molecule has 1 atom stereocenters. The minimum Gasteiger partial charge on any atom is -0.386 e. The summed E-state index contributed by atoms with van der Waals surface area (Å²) in [4.78, 5) is 1.32. The first-order valence-corrected chi connectivity index (χ1v) is 17.8. The number of hydrogen-bond acceptors (Lipinski definition) is 2. The van der Waals surface area contributed by atoms with Crippen molar-refractivity contribution in [2.24, 2.45) is 0 Å². The van der Waals surface area contributed by atoms with Crippen LogP contribution in [-0.2, 0) is 6.42 Å². The smallest absolute Gasteiger partial charge is 0.0828 e. The third-order valence-electron chi connectivity index (χ3n) is 7.50. The number of aliphatic hydroxyl groups is 1. The minimum absolute atomic E-state index is 0.0326. The molecule has 0 spiro atoms. The Morgan fingerprint density at radius 2 is 1.24 bits per heavy atom. The van der Waals surface area contributed by atoms with E-state index in [9.17, 15) is 5.11 Å². The standard InChI is InChI=1S/C31H46OSSi/c1-34(2,3)31(27-28-19-13-11-14-20-28,33-29-21-15-12-16-22-29)26-25-30(32)23-17-9-7-5-4-6-8-10-18-24-30/h11-16,19-22,25-26,32H,4-10,17-18,23-24,27H2,1-3H3/b26-25+. The first-order valence-electron chi connectivity index (χ1n) is 13.5. The van der Waals surface area contributed by atoms with Crippen LogP contribution in [0.25, 0.3) is 0 Å². The van der Waals surface area contributed by atoms with E-state index in [0.717, 1.165) is 32.1 Å². The van der Waals surface area contributed by atoms with Gasteiger partial charge >= 0.3 is 0 Å². The molecule has 1 nitrogen and oxygen atoms in total. The van der Waals surface area contributed by atoms with E-state index < -0.39 is 13.7 Å². The molecule has 1 saturated carbocycles. The third kappa shape index (κ3) is 8.43. The summed E-state index contributed by atoms with van der Waals surface area (Å²) < 4.78 is -0.0326. The van der Waals surface area contributed by atoms with E-state index in [1.54, 1.807) is 0 Å². The van der Waals surface area contributed by atoms with E-state index in [2.05, 4.69) is 92.5 Å². The molecule has 1 aliphatic rings. The van der Waals surface area contributed by atoms with Crippen LogP contribution < -0.4 is 0 Å². The van der Waals surface area contributed by atoms with Crippen molar-refractivity contribution in [2.45, 2.75) is 112 Å². The highest BCUT2D eigenvalue weighted by atomic mass is 32.2. The van der Waals surface area contributed by atoms with Crippen molar-refractivity contribution in [3.63, 3.8) is 0 Å². The molecule has 3 rings (SSSR count). The molecule has 1 N–H and O–H groups in total. The maximum absolute atomic E-state index is 11.8. The highest BCUT2D eigenvalue weighted by Crippen LogP contribution is 2.44. The first kappa shape index (κ1) is 27.3. The molecular weight excluding hydrogens is 448 g/mol. The Labute approximate surface area is 214 Å². The maximum Gasteiger partial charge on any atom is 0.0828 e. The van der Waals surface area contributed by atoms with E-state index in [1.807, 2.05) is 11.8 Å². The molecule has 2 aromatic carbocycles. The predicted octanol–water partition coefficient (Wildman–Crippen LogP) is 9.23. The second-order valence-corrected chi connectivity index (χ2v) is 18.5. The van der Waals surface area contributed by atoms with Gasteiger partial charge in [-0.15, -0.1) is 11.8 Å². The Morgan fingerprint density at radius 3 is 1.74 bits per heavy atom. The highest BCUT2D eigenvalue weighted by Gasteiger charge is 2.43. The lowest BCUT2D eigenvalue weighted by Gasteiger charge is -2.42. The van der Waals surface area contributed by atoms with Crippen molar-refractivity contribution < 1.29 is 5.11 Å². The summed E-state index contributed by atoms with van der Waals surface area (Å²) >= 11 is 2.01. The normalized spacial score (nSPS) is 20.2. The summed E-state index contributed by atoms with van der Waals surface area (Å²) in [6, 6.07) is 21.8. The summed E-state index contributed by atoms with van der Waals surface area (Å²) in [5.74, 6) is 0. The molecule has 0 heterocycles. The monoisotopic (exact) mass is 494 g/mol. The average Bonchev–Trinajstić information content (AvgIpc) is 2.81. The predicted molar refractivity (Wildman–Crippen MR) is 153 cm³/mol. The van der Waals surface area contributed by atoms with Crippen molar-refractivity contribution in [3.05, 3.63) is 78.4 Å². The van der Waals surface area contributed by atoms with Gasteiger partial charge in [-0.2, -0.15) is 0 Å². The number of hydrogen-bond donors (Lipinski definition) is 1. The van der Waals surface area contributed by atoms with Crippen molar-refractivity contribution in [2.75, 3.05) is 0 Å². The second kappa shape index (κ2) is 13.1. The Balaban J connectivity index is 1.93. The van der Waals surface area contributed by atoms with Crippen molar-refractivity contribution in [1.29, 1.82) is 0 Å². The molecule has 34 heavy (non-hydrogen) atoms. The molecule has 3 heteroatoms. The second-order valence-electron chi connectivity index (χ2n) is 11.3. The van der Waals surface area contributed by atoms with E-state index in [0.29, 0.717) is 0 Å². The van der Waals surface area contributed by atoms with Crippen LogP contribution in [0.2, 0.25) is 19.6 Å². The molecule has 0 saturated heterocycles. The van der Waals surface area contributed by atoms with Crippen molar-refractivity contribution >= 4 is 19.8 Å². The van der Waals surface area contributed by atoms with Crippen LogP contribution in [0, 0.1) is 0 Å². The summed E-state index contributed by atoms with van der Waals surface area (Å²) in [6.45, 7) is 7.46. The van der Waals surface area contributed by atoms with Gasteiger partial charge in [-0.1, -0.05) is 138 Å². The maximum atomic E-state index is 11.8. The fourth-order valence-corrected chi connectivity index (χ4v) is 9.06. The lowest BCUT2D eigenvalue weighted by atomic mass is 9.88. The number of thioether (sulfide) groups is 1. The Morgan fingerprint density at radius 1 is 0.765 bits per heavy atom. The van der Waals surface area contributed by atoms with E-state index in [-0.39, 0.29) is 4.37 Å². The zero-order valence-electron chi connectivity index (χ0n) is 21.8. The zero-order chi connectivity index (χ0) is 24.3. The summed E-state index contributed by atoms with van der Waals surface area (Å²) in [5.41, 5.74) is 0.696. The number of rotatable bonds is 7. The van der Waals surface area contributed by atoms with E-state index >= 15 is 0 Å². The quantitative estimate of drug-likeness (QED) is 0.235. The van der Waals surface area contributed by atoms with Gasteiger partial charge in [0.05, 0.1) is 13.7 Å². The van der Waals surface area contributed by atoms with Gasteiger partial charge in [-0.3, -0.25) is 0 Å². The molecule has 1 aliphatic carbocycles. The molecule has 2 aromatic rings. The third-order valence-corrected chi connectivity index (χ3v) is 13.7. The zero-order valence-corrected chi connectivity index (χ0v) is 23.6. The van der Waals surface area contributed by atoms with Gasteiger partial charge in [0, 0.05) is 9.27 Å². The van der Waals surface area contributed by atoms with Crippen LogP contribution in [0.1, 0.15) is 76.2 Å². The summed E-state index contributed by atoms with van der Waals surface area (Å²) in [6.07, 6.45) is 19.0.